The summed E-state index contributed by atoms with van der Waals surface area (Å²) in [5.74, 6) is 0.0891. The first-order chi connectivity index (χ1) is 6.86. The molecule has 0 aromatic heterocycles. The van der Waals surface area contributed by atoms with Gasteiger partial charge in [-0.25, -0.2) is 0 Å². The van der Waals surface area contributed by atoms with Crippen LogP contribution in [0.25, 0.3) is 0 Å². The summed E-state index contributed by atoms with van der Waals surface area (Å²) < 4.78 is 5.24. The van der Waals surface area contributed by atoms with Crippen molar-refractivity contribution in [3.63, 3.8) is 0 Å². The monoisotopic (exact) mass is 189 g/mol. The van der Waals surface area contributed by atoms with Crippen LogP contribution < -0.4 is 4.90 Å². The number of anilines is 1. The summed E-state index contributed by atoms with van der Waals surface area (Å²) in [6.45, 7) is 0.894. The molecule has 72 valence electrons. The zero-order valence-corrected chi connectivity index (χ0v) is 7.77. The van der Waals surface area contributed by atoms with Crippen molar-refractivity contribution in [2.24, 2.45) is 0 Å². The van der Waals surface area contributed by atoms with Gasteiger partial charge in [0.2, 0.25) is 0 Å². The number of para-hydroxylation sites is 1. The van der Waals surface area contributed by atoms with E-state index in [1.807, 2.05) is 23.1 Å². The van der Waals surface area contributed by atoms with Crippen molar-refractivity contribution in [3.05, 3.63) is 29.8 Å². The Morgan fingerprint density at radius 1 is 1.36 bits per heavy atom. The van der Waals surface area contributed by atoms with Crippen molar-refractivity contribution in [3.8, 4) is 0 Å². The van der Waals surface area contributed by atoms with Crippen LogP contribution in [-0.4, -0.2) is 25.2 Å². The van der Waals surface area contributed by atoms with Gasteiger partial charge >= 0.3 is 0 Å². The molecule has 3 heteroatoms. The Bertz CT molecular complexity index is 389. The summed E-state index contributed by atoms with van der Waals surface area (Å²) in [5.41, 5.74) is 2.34. The second kappa shape index (κ2) is 2.82. The topological polar surface area (TPSA) is 29.5 Å². The molecular formula is C11H11NO2. The van der Waals surface area contributed by atoms with Crippen molar-refractivity contribution in [2.45, 2.75) is 12.5 Å². The standard InChI is InChI=1S/C11H11NO2/c13-11-7-14-6-9-5-8-3-1-2-4-10(8)12(9)11/h1-4,9H,5-7H2. The Morgan fingerprint density at radius 2 is 2.21 bits per heavy atom. The quantitative estimate of drug-likeness (QED) is 0.608. The average molecular weight is 189 g/mol. The average Bonchev–Trinajstić information content (AvgIpc) is 2.57. The van der Waals surface area contributed by atoms with Crippen LogP contribution in [0.2, 0.25) is 0 Å². The SMILES string of the molecule is O=C1COCC2Cc3ccccc3N12. The maximum absolute atomic E-state index is 11.6. The molecule has 2 heterocycles. The lowest BCUT2D eigenvalue weighted by atomic mass is 10.1. The third kappa shape index (κ3) is 0.990. The van der Waals surface area contributed by atoms with E-state index in [1.54, 1.807) is 0 Å². The van der Waals surface area contributed by atoms with Gasteiger partial charge in [-0.2, -0.15) is 0 Å². The summed E-state index contributed by atoms with van der Waals surface area (Å²) in [5, 5.41) is 0. The number of ether oxygens (including phenoxy) is 1. The van der Waals surface area contributed by atoms with E-state index in [1.165, 1.54) is 5.56 Å². The largest absolute Gasteiger partial charge is 0.369 e. The van der Waals surface area contributed by atoms with Crippen molar-refractivity contribution < 1.29 is 9.53 Å². The molecule has 0 radical (unpaired) electrons. The van der Waals surface area contributed by atoms with Gasteiger partial charge in [-0.1, -0.05) is 18.2 Å². The van der Waals surface area contributed by atoms with Gasteiger partial charge in [0.1, 0.15) is 6.61 Å². The first-order valence-electron chi connectivity index (χ1n) is 4.84. The molecule has 2 aliphatic rings. The molecule has 0 N–H and O–H groups in total. The van der Waals surface area contributed by atoms with Gasteiger partial charge < -0.3 is 9.64 Å². The fourth-order valence-electron chi connectivity index (χ4n) is 2.28. The fraction of sp³-hybridized carbons (Fsp3) is 0.364. The van der Waals surface area contributed by atoms with Gasteiger partial charge in [0.05, 0.1) is 12.6 Å². The first-order valence-corrected chi connectivity index (χ1v) is 4.84. The molecular weight excluding hydrogens is 178 g/mol. The number of carbonyl (C=O) groups is 1. The lowest BCUT2D eigenvalue weighted by molar-refractivity contribution is -0.127. The second-order valence-electron chi connectivity index (χ2n) is 3.77. The Kier molecular flexibility index (Phi) is 1.61. The molecule has 14 heavy (non-hydrogen) atoms. The Morgan fingerprint density at radius 3 is 3.14 bits per heavy atom. The normalized spacial score (nSPS) is 24.7. The number of morpholine rings is 1. The molecule has 0 spiro atoms. The maximum atomic E-state index is 11.6. The smallest absolute Gasteiger partial charge is 0.253 e. The molecule has 0 saturated carbocycles. The summed E-state index contributed by atoms with van der Waals surface area (Å²) in [6, 6.07) is 8.32. The highest BCUT2D eigenvalue weighted by atomic mass is 16.5. The van der Waals surface area contributed by atoms with Gasteiger partial charge in [-0.05, 0) is 18.1 Å². The van der Waals surface area contributed by atoms with Crippen molar-refractivity contribution in [2.75, 3.05) is 18.1 Å². The van der Waals surface area contributed by atoms with Crippen LogP contribution in [0.3, 0.4) is 0 Å². The van der Waals surface area contributed by atoms with Crippen LogP contribution in [0.4, 0.5) is 5.69 Å². The van der Waals surface area contributed by atoms with E-state index in [9.17, 15) is 4.79 Å². The summed E-state index contributed by atoms with van der Waals surface area (Å²) in [4.78, 5) is 13.5. The number of benzene rings is 1. The summed E-state index contributed by atoms with van der Waals surface area (Å²) in [7, 11) is 0. The third-order valence-electron chi connectivity index (χ3n) is 2.88. The lowest BCUT2D eigenvalue weighted by Crippen LogP contribution is -2.47. The van der Waals surface area contributed by atoms with Gasteiger partial charge in [0, 0.05) is 5.69 Å². The molecule has 3 nitrogen and oxygen atoms in total. The van der Waals surface area contributed by atoms with Gasteiger partial charge in [0.25, 0.3) is 5.91 Å². The number of hydrogen-bond donors (Lipinski definition) is 0. The molecule has 1 aromatic rings. The number of hydrogen-bond acceptors (Lipinski definition) is 2. The Labute approximate surface area is 82.3 Å². The van der Waals surface area contributed by atoms with Gasteiger partial charge in [0.15, 0.2) is 0 Å². The predicted octanol–water partition coefficient (Wildman–Crippen LogP) is 0.974. The Hall–Kier alpha value is -1.35. The molecule has 0 aliphatic carbocycles. The van der Waals surface area contributed by atoms with Gasteiger partial charge in [-0.3, -0.25) is 4.79 Å². The molecule has 3 rings (SSSR count). The zero-order valence-electron chi connectivity index (χ0n) is 7.77. The predicted molar refractivity (Wildman–Crippen MR) is 52.2 cm³/mol. The highest BCUT2D eigenvalue weighted by molar-refractivity contribution is 5.97. The van der Waals surface area contributed by atoms with Crippen LogP contribution in [-0.2, 0) is 16.0 Å². The third-order valence-corrected chi connectivity index (χ3v) is 2.88. The number of carbonyl (C=O) groups excluding carboxylic acids is 1. The number of amides is 1. The minimum absolute atomic E-state index is 0.0891. The zero-order chi connectivity index (χ0) is 9.54. The molecule has 0 bridgehead atoms. The number of fused-ring (bicyclic) bond motifs is 3. The van der Waals surface area contributed by atoms with Gasteiger partial charge in [-0.15, -0.1) is 0 Å². The van der Waals surface area contributed by atoms with E-state index in [-0.39, 0.29) is 18.6 Å². The summed E-state index contributed by atoms with van der Waals surface area (Å²) >= 11 is 0. The second-order valence-corrected chi connectivity index (χ2v) is 3.77. The molecule has 1 amide bonds. The molecule has 1 unspecified atom stereocenters. The minimum Gasteiger partial charge on any atom is -0.369 e. The fourth-order valence-corrected chi connectivity index (χ4v) is 2.28. The van der Waals surface area contributed by atoms with E-state index in [0.29, 0.717) is 6.61 Å². The van der Waals surface area contributed by atoms with E-state index in [4.69, 9.17) is 4.74 Å². The molecule has 1 atom stereocenters. The van der Waals surface area contributed by atoms with Crippen molar-refractivity contribution >= 4 is 11.6 Å². The molecule has 2 aliphatic heterocycles. The van der Waals surface area contributed by atoms with Crippen molar-refractivity contribution in [1.29, 1.82) is 0 Å². The van der Waals surface area contributed by atoms with E-state index in [2.05, 4.69) is 6.07 Å². The van der Waals surface area contributed by atoms with E-state index >= 15 is 0 Å². The van der Waals surface area contributed by atoms with Crippen LogP contribution in [0.5, 0.6) is 0 Å². The summed E-state index contributed by atoms with van der Waals surface area (Å²) in [6.07, 6.45) is 0.932. The molecule has 1 saturated heterocycles. The minimum atomic E-state index is 0.0891. The highest BCUT2D eigenvalue weighted by Crippen LogP contribution is 2.33. The van der Waals surface area contributed by atoms with Crippen LogP contribution >= 0.6 is 0 Å². The maximum Gasteiger partial charge on any atom is 0.253 e. The van der Waals surface area contributed by atoms with Crippen molar-refractivity contribution in [1.82, 2.24) is 0 Å². The van der Waals surface area contributed by atoms with Crippen LogP contribution in [0.15, 0.2) is 24.3 Å². The molecule has 1 fully saturated rings. The lowest BCUT2D eigenvalue weighted by Gasteiger charge is -2.29. The van der Waals surface area contributed by atoms with E-state index in [0.717, 1.165) is 12.1 Å². The molecule has 1 aromatic carbocycles. The van der Waals surface area contributed by atoms with Crippen LogP contribution in [0, 0.1) is 0 Å². The number of nitrogens with zero attached hydrogens (tertiary/aromatic N) is 1. The highest BCUT2D eigenvalue weighted by Gasteiger charge is 2.36. The Balaban J connectivity index is 2.07. The number of rotatable bonds is 0. The van der Waals surface area contributed by atoms with E-state index < -0.39 is 0 Å². The van der Waals surface area contributed by atoms with Crippen LogP contribution in [0.1, 0.15) is 5.56 Å². The first kappa shape index (κ1) is 8.00.